The van der Waals surface area contributed by atoms with Crippen LogP contribution >= 0.6 is 0 Å². The first kappa shape index (κ1) is 13.2. The molecule has 0 aromatic rings. The summed E-state index contributed by atoms with van der Waals surface area (Å²) in [5.41, 5.74) is 0. The first-order chi connectivity index (χ1) is 7.29. The van der Waals surface area contributed by atoms with Crippen LogP contribution in [-0.4, -0.2) is 14.3 Å². The minimum atomic E-state index is 0.723. The first-order valence-corrected chi connectivity index (χ1v) is 6.97. The standard InChI is InChI=1S/C13H26B2/c1-12(2)14-15-13-10-8-6-4-3-5-7-9-11-13/h12-13H,3-11H2,1-2H3. The normalized spacial score (nSPS) is 21.3. The van der Waals surface area contributed by atoms with Crippen LogP contribution in [0.25, 0.3) is 0 Å². The SMILES string of the molecule is CC(C)[B][B]C1CCCCCCCCC1. The van der Waals surface area contributed by atoms with E-state index in [9.17, 15) is 0 Å². The third kappa shape index (κ3) is 7.09. The van der Waals surface area contributed by atoms with E-state index < -0.39 is 0 Å². The van der Waals surface area contributed by atoms with Crippen LogP contribution in [0.15, 0.2) is 0 Å². The molecule has 0 nitrogen and oxygen atoms in total. The van der Waals surface area contributed by atoms with E-state index >= 15 is 0 Å². The van der Waals surface area contributed by atoms with Crippen molar-refractivity contribution >= 4 is 14.3 Å². The molecule has 1 fully saturated rings. The van der Waals surface area contributed by atoms with Gasteiger partial charge in [-0.1, -0.05) is 83.3 Å². The molecule has 1 aliphatic rings. The molecule has 2 heteroatoms. The molecule has 0 bridgehead atoms. The predicted molar refractivity (Wildman–Crippen MR) is 71.9 cm³/mol. The molecule has 0 atom stereocenters. The lowest BCUT2D eigenvalue weighted by atomic mass is 9.29. The third-order valence-electron chi connectivity index (χ3n) is 3.42. The molecule has 1 rings (SSSR count). The number of hydrogen-bond acceptors (Lipinski definition) is 0. The van der Waals surface area contributed by atoms with Gasteiger partial charge in [0.25, 0.3) is 0 Å². The van der Waals surface area contributed by atoms with Crippen LogP contribution in [0.2, 0.25) is 11.6 Å². The fourth-order valence-electron chi connectivity index (χ4n) is 2.41. The maximum atomic E-state index is 2.49. The summed E-state index contributed by atoms with van der Waals surface area (Å²) in [6.07, 6.45) is 13.1. The molecule has 0 heterocycles. The zero-order valence-corrected chi connectivity index (χ0v) is 10.7. The van der Waals surface area contributed by atoms with Crippen LogP contribution in [0, 0.1) is 0 Å². The molecule has 0 saturated heterocycles. The van der Waals surface area contributed by atoms with Crippen LogP contribution in [0.4, 0.5) is 0 Å². The molecular weight excluding hydrogens is 178 g/mol. The van der Waals surface area contributed by atoms with E-state index in [1.807, 2.05) is 0 Å². The summed E-state index contributed by atoms with van der Waals surface area (Å²) in [6.45, 7) is 4.55. The number of rotatable bonds is 3. The Morgan fingerprint density at radius 1 is 0.800 bits per heavy atom. The Hall–Kier alpha value is 0.130. The van der Waals surface area contributed by atoms with Crippen LogP contribution in [-0.2, 0) is 0 Å². The summed E-state index contributed by atoms with van der Waals surface area (Å²) in [5, 5.41) is 0. The molecule has 0 unspecified atom stereocenters. The highest BCUT2D eigenvalue weighted by molar-refractivity contribution is 7.01. The van der Waals surface area contributed by atoms with Gasteiger partial charge in [0.15, 0.2) is 0 Å². The maximum absolute atomic E-state index is 2.49. The van der Waals surface area contributed by atoms with Gasteiger partial charge in [0, 0.05) is 0 Å². The first-order valence-electron chi connectivity index (χ1n) is 6.97. The largest absolute Gasteiger partial charge is 0.0829 e. The second-order valence-electron chi connectivity index (χ2n) is 5.44. The zero-order chi connectivity index (χ0) is 10.9. The quantitative estimate of drug-likeness (QED) is 0.595. The van der Waals surface area contributed by atoms with Crippen molar-refractivity contribution in [2.75, 3.05) is 0 Å². The van der Waals surface area contributed by atoms with Gasteiger partial charge in [-0.3, -0.25) is 0 Å². The van der Waals surface area contributed by atoms with Gasteiger partial charge >= 0.3 is 0 Å². The molecule has 1 aliphatic carbocycles. The van der Waals surface area contributed by atoms with Gasteiger partial charge in [-0.25, -0.2) is 0 Å². The highest BCUT2D eigenvalue weighted by atomic mass is 14.1. The molecule has 84 valence electrons. The van der Waals surface area contributed by atoms with Gasteiger partial charge < -0.3 is 0 Å². The molecular formula is C13H26B2. The van der Waals surface area contributed by atoms with Crippen molar-refractivity contribution < 1.29 is 0 Å². The minimum absolute atomic E-state index is 0.723. The highest BCUT2D eigenvalue weighted by Crippen LogP contribution is 2.25. The summed E-state index contributed by atoms with van der Waals surface area (Å²) in [7, 11) is 4.89. The molecule has 0 N–H and O–H groups in total. The fourth-order valence-corrected chi connectivity index (χ4v) is 2.41. The Morgan fingerprint density at radius 2 is 1.27 bits per heavy atom. The Balaban J connectivity index is 2.19. The Kier molecular flexibility index (Phi) is 7.30. The van der Waals surface area contributed by atoms with E-state index in [4.69, 9.17) is 0 Å². The second kappa shape index (κ2) is 8.30. The van der Waals surface area contributed by atoms with Crippen LogP contribution in [0.3, 0.4) is 0 Å². The third-order valence-corrected chi connectivity index (χ3v) is 3.42. The lowest BCUT2D eigenvalue weighted by molar-refractivity contribution is 0.503. The van der Waals surface area contributed by atoms with E-state index in [0.29, 0.717) is 0 Å². The molecule has 0 spiro atoms. The highest BCUT2D eigenvalue weighted by Gasteiger charge is 2.11. The second-order valence-corrected chi connectivity index (χ2v) is 5.44. The Labute approximate surface area is 98.1 Å². The van der Waals surface area contributed by atoms with Gasteiger partial charge in [0.1, 0.15) is 0 Å². The molecule has 0 amide bonds. The summed E-state index contributed by atoms with van der Waals surface area (Å²) in [5.74, 6) is 1.60. The summed E-state index contributed by atoms with van der Waals surface area (Å²) in [4.78, 5) is 0. The zero-order valence-electron chi connectivity index (χ0n) is 10.7. The molecule has 0 aromatic heterocycles. The van der Waals surface area contributed by atoms with Gasteiger partial charge in [-0.05, 0) is 0 Å². The lowest BCUT2D eigenvalue weighted by Crippen LogP contribution is -2.15. The molecule has 15 heavy (non-hydrogen) atoms. The summed E-state index contributed by atoms with van der Waals surface area (Å²) >= 11 is 0. The predicted octanol–water partition coefficient (Wildman–Crippen LogP) is 4.45. The molecule has 2 radical (unpaired) electrons. The average molecular weight is 204 g/mol. The number of hydrogen-bond donors (Lipinski definition) is 0. The summed E-state index contributed by atoms with van der Waals surface area (Å²) < 4.78 is 0. The van der Waals surface area contributed by atoms with Gasteiger partial charge in [0.05, 0.1) is 14.3 Å². The molecule has 0 aromatic carbocycles. The van der Waals surface area contributed by atoms with E-state index in [-0.39, 0.29) is 0 Å². The van der Waals surface area contributed by atoms with Crippen LogP contribution < -0.4 is 0 Å². The van der Waals surface area contributed by atoms with Gasteiger partial charge in [0.2, 0.25) is 0 Å². The van der Waals surface area contributed by atoms with Gasteiger partial charge in [-0.2, -0.15) is 0 Å². The molecule has 1 saturated carbocycles. The van der Waals surface area contributed by atoms with Crippen molar-refractivity contribution in [3.05, 3.63) is 0 Å². The minimum Gasteiger partial charge on any atom is -0.0829 e. The van der Waals surface area contributed by atoms with Crippen molar-refractivity contribution in [1.29, 1.82) is 0 Å². The Morgan fingerprint density at radius 3 is 1.73 bits per heavy atom. The van der Waals surface area contributed by atoms with Crippen LogP contribution in [0.5, 0.6) is 0 Å². The van der Waals surface area contributed by atoms with Crippen LogP contribution in [0.1, 0.15) is 71.6 Å². The fraction of sp³-hybridized carbons (Fsp3) is 1.00. The lowest BCUT2D eigenvalue weighted by Gasteiger charge is -2.18. The molecule has 0 aliphatic heterocycles. The van der Waals surface area contributed by atoms with Crippen molar-refractivity contribution in [2.45, 2.75) is 83.3 Å². The summed E-state index contributed by atoms with van der Waals surface area (Å²) in [6, 6.07) is 0. The van der Waals surface area contributed by atoms with E-state index in [1.165, 1.54) is 57.8 Å². The average Bonchev–Trinajstić information content (AvgIpc) is 2.23. The topological polar surface area (TPSA) is 0 Å². The monoisotopic (exact) mass is 204 g/mol. The van der Waals surface area contributed by atoms with Crippen molar-refractivity contribution in [3.8, 4) is 0 Å². The smallest absolute Gasteiger partial charge is 0.0699 e. The van der Waals surface area contributed by atoms with E-state index in [0.717, 1.165) is 11.6 Å². The van der Waals surface area contributed by atoms with Gasteiger partial charge in [-0.15, -0.1) is 0 Å². The Bertz CT molecular complexity index is 135. The van der Waals surface area contributed by atoms with Crippen molar-refractivity contribution in [3.63, 3.8) is 0 Å². The van der Waals surface area contributed by atoms with E-state index in [1.54, 1.807) is 0 Å². The van der Waals surface area contributed by atoms with Crippen molar-refractivity contribution in [2.24, 2.45) is 0 Å². The van der Waals surface area contributed by atoms with E-state index in [2.05, 4.69) is 28.2 Å². The maximum Gasteiger partial charge on any atom is 0.0699 e. The van der Waals surface area contributed by atoms with Crippen molar-refractivity contribution in [1.82, 2.24) is 0 Å².